The summed E-state index contributed by atoms with van der Waals surface area (Å²) in [6, 6.07) is 48.5. The Bertz CT molecular complexity index is 2290. The maximum Gasteiger partial charge on any atom is 0.0450 e. The van der Waals surface area contributed by atoms with Crippen molar-refractivity contribution in [1.29, 1.82) is 0 Å². The smallest absolute Gasteiger partial charge is 0.0450 e. The Hall–Kier alpha value is -5.60. The lowest BCUT2D eigenvalue weighted by Crippen LogP contribution is -1.93. The van der Waals surface area contributed by atoms with Crippen LogP contribution in [0.4, 0.5) is 0 Å². The minimum Gasteiger partial charge on any atom is -0.262 e. The van der Waals surface area contributed by atoms with Crippen molar-refractivity contribution in [2.75, 3.05) is 0 Å². The topological polar surface area (TPSA) is 25.8 Å². The van der Waals surface area contributed by atoms with Gasteiger partial charge in [0.1, 0.15) is 0 Å². The van der Waals surface area contributed by atoms with E-state index in [-0.39, 0.29) is 0 Å². The third-order valence-electron chi connectivity index (χ3n) is 8.82. The maximum absolute atomic E-state index is 4.50. The van der Waals surface area contributed by atoms with Gasteiger partial charge in [0.15, 0.2) is 0 Å². The van der Waals surface area contributed by atoms with Gasteiger partial charge in [-0.3, -0.25) is 9.97 Å². The van der Waals surface area contributed by atoms with E-state index in [0.29, 0.717) is 0 Å². The molecule has 0 amide bonds. The summed E-state index contributed by atoms with van der Waals surface area (Å²) in [5.74, 6) is 0. The van der Waals surface area contributed by atoms with E-state index in [0.717, 1.165) is 11.4 Å². The minimum atomic E-state index is 1.02. The largest absolute Gasteiger partial charge is 0.262 e. The van der Waals surface area contributed by atoms with Crippen molar-refractivity contribution in [1.82, 2.24) is 9.97 Å². The number of aromatic nitrogens is 2. The normalized spacial score (nSPS) is 11.4. The van der Waals surface area contributed by atoms with Crippen molar-refractivity contribution in [3.8, 4) is 44.5 Å². The number of fused-ring (bicyclic) bond motifs is 3. The molecule has 0 saturated carbocycles. The van der Waals surface area contributed by atoms with E-state index >= 15 is 0 Å². The summed E-state index contributed by atoms with van der Waals surface area (Å²) in [4.78, 5) is 8.93. The third kappa shape index (κ3) is 4.27. The molecule has 8 rings (SSSR count). The Balaban J connectivity index is 1.39. The second-order valence-electron chi connectivity index (χ2n) is 11.4. The van der Waals surface area contributed by atoms with E-state index in [9.17, 15) is 0 Å². The Labute approximate surface area is 257 Å². The van der Waals surface area contributed by atoms with Crippen LogP contribution >= 0.6 is 0 Å². The van der Waals surface area contributed by atoms with Gasteiger partial charge in [-0.05, 0) is 103 Å². The molecule has 2 heterocycles. The van der Waals surface area contributed by atoms with Crippen LogP contribution < -0.4 is 0 Å². The summed E-state index contributed by atoms with van der Waals surface area (Å²) in [7, 11) is 0. The van der Waals surface area contributed by atoms with E-state index < -0.39 is 0 Å². The number of aryl methyl sites for hydroxylation is 2. The third-order valence-corrected chi connectivity index (χ3v) is 8.82. The second-order valence-corrected chi connectivity index (χ2v) is 11.4. The van der Waals surface area contributed by atoms with Crippen LogP contribution in [0.1, 0.15) is 11.4 Å². The zero-order valence-electron chi connectivity index (χ0n) is 24.8. The summed E-state index contributed by atoms with van der Waals surface area (Å²) in [6.45, 7) is 4.12. The van der Waals surface area contributed by atoms with Crippen LogP contribution in [0.2, 0.25) is 0 Å². The zero-order chi connectivity index (χ0) is 29.6. The van der Waals surface area contributed by atoms with Gasteiger partial charge in [0.25, 0.3) is 0 Å². The average Bonchev–Trinajstić information content (AvgIpc) is 3.07. The lowest BCUT2D eigenvalue weighted by atomic mass is 9.83. The fourth-order valence-corrected chi connectivity index (χ4v) is 6.82. The van der Waals surface area contributed by atoms with Crippen LogP contribution in [0.15, 0.2) is 146 Å². The fraction of sp³-hybridized carbons (Fsp3) is 0.0476. The number of nitrogens with zero attached hydrogens (tertiary/aromatic N) is 2. The first kappa shape index (κ1) is 26.1. The molecule has 0 bridgehead atoms. The van der Waals surface area contributed by atoms with Crippen molar-refractivity contribution in [2.45, 2.75) is 13.8 Å². The second kappa shape index (κ2) is 10.6. The number of hydrogen-bond donors (Lipinski definition) is 0. The van der Waals surface area contributed by atoms with E-state index in [1.165, 1.54) is 76.8 Å². The predicted molar refractivity (Wildman–Crippen MR) is 186 cm³/mol. The molecule has 2 nitrogen and oxygen atoms in total. The van der Waals surface area contributed by atoms with Gasteiger partial charge < -0.3 is 0 Å². The first-order chi connectivity index (χ1) is 21.7. The van der Waals surface area contributed by atoms with Gasteiger partial charge in [0, 0.05) is 29.3 Å². The van der Waals surface area contributed by atoms with Gasteiger partial charge in [-0.15, -0.1) is 0 Å². The molecule has 0 saturated heterocycles. The van der Waals surface area contributed by atoms with Crippen LogP contribution in [0.3, 0.4) is 0 Å². The summed E-state index contributed by atoms with van der Waals surface area (Å²) in [6.07, 6.45) is 3.75. The molecule has 0 radical (unpaired) electrons. The van der Waals surface area contributed by atoms with Gasteiger partial charge in [-0.2, -0.15) is 0 Å². The minimum absolute atomic E-state index is 1.02. The van der Waals surface area contributed by atoms with Gasteiger partial charge in [0.05, 0.1) is 0 Å². The molecular formula is C42H30N2. The summed E-state index contributed by atoms with van der Waals surface area (Å²) in [5.41, 5.74) is 11.8. The van der Waals surface area contributed by atoms with Crippen LogP contribution in [0, 0.1) is 13.8 Å². The van der Waals surface area contributed by atoms with E-state index in [4.69, 9.17) is 0 Å². The number of pyridine rings is 2. The standard InChI is InChI=1S/C42H30N2/c1-27-26-31(23-25-43-27)33-21-22-40(35-11-4-3-10-34(33)35)42-38-14-7-5-12-36(38)41(37-13-6-8-15-39(37)42)30-19-17-29(18-20-30)32-16-9-24-44-28(32)2/h3-26H,1-2H3. The fourth-order valence-electron chi connectivity index (χ4n) is 6.82. The van der Waals surface area contributed by atoms with E-state index in [1.54, 1.807) is 0 Å². The SMILES string of the molecule is Cc1cc(-c2ccc(-c3c4ccccc4c(-c4ccc(-c5cccnc5C)cc4)c4ccccc34)c3ccccc23)ccn1. The maximum atomic E-state index is 4.50. The zero-order valence-corrected chi connectivity index (χ0v) is 24.8. The van der Waals surface area contributed by atoms with Gasteiger partial charge in [-0.1, -0.05) is 115 Å². The van der Waals surface area contributed by atoms with E-state index in [1.807, 2.05) is 25.4 Å². The molecule has 0 aliphatic heterocycles. The van der Waals surface area contributed by atoms with E-state index in [2.05, 4.69) is 144 Å². The molecule has 2 aromatic heterocycles. The molecule has 2 heteroatoms. The van der Waals surface area contributed by atoms with Gasteiger partial charge >= 0.3 is 0 Å². The molecule has 8 aromatic rings. The highest BCUT2D eigenvalue weighted by molar-refractivity contribution is 6.24. The summed E-state index contributed by atoms with van der Waals surface area (Å²) >= 11 is 0. The summed E-state index contributed by atoms with van der Waals surface area (Å²) in [5, 5.41) is 7.51. The van der Waals surface area contributed by atoms with Crippen molar-refractivity contribution in [3.63, 3.8) is 0 Å². The molecule has 0 unspecified atom stereocenters. The lowest BCUT2D eigenvalue weighted by molar-refractivity contribution is 1.20. The highest BCUT2D eigenvalue weighted by Gasteiger charge is 2.19. The highest BCUT2D eigenvalue weighted by atomic mass is 14.7. The predicted octanol–water partition coefficient (Wildman–Crippen LogP) is 11.2. The first-order valence-electron chi connectivity index (χ1n) is 15.1. The molecule has 0 atom stereocenters. The molecule has 44 heavy (non-hydrogen) atoms. The Kier molecular flexibility index (Phi) is 6.27. The molecule has 0 N–H and O–H groups in total. The van der Waals surface area contributed by atoms with Crippen LogP contribution in [0.5, 0.6) is 0 Å². The molecule has 0 aliphatic rings. The lowest BCUT2D eigenvalue weighted by Gasteiger charge is -2.20. The number of rotatable bonds is 4. The molecule has 0 fully saturated rings. The quantitative estimate of drug-likeness (QED) is 0.199. The average molecular weight is 563 g/mol. The van der Waals surface area contributed by atoms with Crippen molar-refractivity contribution >= 4 is 32.3 Å². The van der Waals surface area contributed by atoms with Crippen LogP contribution in [-0.4, -0.2) is 9.97 Å². The monoisotopic (exact) mass is 562 g/mol. The van der Waals surface area contributed by atoms with Gasteiger partial charge in [0.2, 0.25) is 0 Å². The van der Waals surface area contributed by atoms with Crippen LogP contribution in [-0.2, 0) is 0 Å². The van der Waals surface area contributed by atoms with Crippen molar-refractivity contribution < 1.29 is 0 Å². The van der Waals surface area contributed by atoms with Crippen molar-refractivity contribution in [2.24, 2.45) is 0 Å². The molecule has 0 spiro atoms. The molecule has 0 aliphatic carbocycles. The Morgan fingerprint density at radius 3 is 1.52 bits per heavy atom. The number of benzene rings is 6. The molecule has 6 aromatic carbocycles. The van der Waals surface area contributed by atoms with Crippen molar-refractivity contribution in [3.05, 3.63) is 157 Å². The number of hydrogen-bond acceptors (Lipinski definition) is 2. The Morgan fingerprint density at radius 1 is 0.364 bits per heavy atom. The highest BCUT2D eigenvalue weighted by Crippen LogP contribution is 2.46. The summed E-state index contributed by atoms with van der Waals surface area (Å²) < 4.78 is 0. The molecular weight excluding hydrogens is 532 g/mol. The molecule has 208 valence electrons. The first-order valence-corrected chi connectivity index (χ1v) is 15.1. The Morgan fingerprint density at radius 2 is 0.909 bits per heavy atom. The van der Waals surface area contributed by atoms with Gasteiger partial charge in [-0.25, -0.2) is 0 Å². The van der Waals surface area contributed by atoms with Crippen LogP contribution in [0.25, 0.3) is 76.8 Å².